The Hall–Kier alpha value is -1.78. The molecule has 1 aromatic rings. The van der Waals surface area contributed by atoms with Crippen LogP contribution in [-0.4, -0.2) is 29.7 Å². The van der Waals surface area contributed by atoms with Crippen molar-refractivity contribution >= 4 is 27.9 Å². The number of hydrogen-bond donors (Lipinski definition) is 3. The summed E-state index contributed by atoms with van der Waals surface area (Å²) in [5, 5.41) is 19.5. The zero-order chi connectivity index (χ0) is 13.5. The molecular weight excluding hydrogens is 252 g/mol. The van der Waals surface area contributed by atoms with Crippen molar-refractivity contribution in [2.24, 2.45) is 5.73 Å². The van der Waals surface area contributed by atoms with Gasteiger partial charge in [-0.05, 0) is 13.3 Å². The van der Waals surface area contributed by atoms with Crippen LogP contribution in [0.5, 0.6) is 0 Å². The van der Waals surface area contributed by atoms with Gasteiger partial charge < -0.3 is 21.5 Å². The van der Waals surface area contributed by atoms with Gasteiger partial charge in [0.15, 0.2) is 0 Å². The second-order valence-corrected chi connectivity index (χ2v) is 5.67. The fraction of sp³-hybridized carbons (Fsp3) is 0.455. The monoisotopic (exact) mass is 266 g/mol. The predicted molar refractivity (Wildman–Crippen MR) is 69.4 cm³/mol. The van der Waals surface area contributed by atoms with Crippen LogP contribution in [0.3, 0.4) is 0 Å². The smallest absolute Gasteiger partial charge is 0.253 e. The first kappa shape index (κ1) is 12.7. The highest BCUT2D eigenvalue weighted by molar-refractivity contribution is 7.17. The summed E-state index contributed by atoms with van der Waals surface area (Å²) in [5.74, 6) is -0.646. The SMILES string of the molecule is CC1(O)CCN(c2sc(C#N)c(N)c2C(N)=O)C1. The summed E-state index contributed by atoms with van der Waals surface area (Å²) in [6.07, 6.45) is 0.602. The van der Waals surface area contributed by atoms with Gasteiger partial charge in [0.1, 0.15) is 15.9 Å². The molecule has 1 amide bonds. The molecule has 6 nitrogen and oxygen atoms in total. The number of nitrogens with two attached hydrogens (primary N) is 2. The number of anilines is 2. The van der Waals surface area contributed by atoms with Crippen LogP contribution >= 0.6 is 11.3 Å². The largest absolute Gasteiger partial charge is 0.396 e. The average molecular weight is 266 g/mol. The first-order valence-corrected chi connectivity index (χ1v) is 6.27. The van der Waals surface area contributed by atoms with E-state index in [4.69, 9.17) is 16.7 Å². The fourth-order valence-electron chi connectivity index (χ4n) is 2.09. The normalized spacial score (nSPS) is 23.1. The molecular formula is C11H14N4O2S. The number of thiophene rings is 1. The summed E-state index contributed by atoms with van der Waals surface area (Å²) in [5.41, 5.74) is 10.6. The number of rotatable bonds is 2. The number of carbonyl (C=O) groups excluding carboxylic acids is 1. The highest BCUT2D eigenvalue weighted by Crippen LogP contribution is 2.40. The number of nitrogen functional groups attached to an aromatic ring is 1. The van der Waals surface area contributed by atoms with Crippen molar-refractivity contribution in [3.05, 3.63) is 10.4 Å². The van der Waals surface area contributed by atoms with E-state index in [2.05, 4.69) is 0 Å². The van der Waals surface area contributed by atoms with Gasteiger partial charge in [0.25, 0.3) is 5.91 Å². The van der Waals surface area contributed by atoms with Gasteiger partial charge in [-0.1, -0.05) is 0 Å². The Morgan fingerprint density at radius 3 is 2.78 bits per heavy atom. The molecule has 1 unspecified atom stereocenters. The Morgan fingerprint density at radius 2 is 2.33 bits per heavy atom. The van der Waals surface area contributed by atoms with Crippen LogP contribution in [-0.2, 0) is 0 Å². The van der Waals surface area contributed by atoms with Gasteiger partial charge in [0.05, 0.1) is 16.9 Å². The summed E-state index contributed by atoms with van der Waals surface area (Å²) in [6.45, 7) is 2.75. The minimum Gasteiger partial charge on any atom is -0.396 e. The summed E-state index contributed by atoms with van der Waals surface area (Å²) in [6, 6.07) is 1.95. The molecule has 1 aliphatic heterocycles. The van der Waals surface area contributed by atoms with E-state index in [1.807, 2.05) is 11.0 Å². The number of nitrogens with zero attached hydrogens (tertiary/aromatic N) is 2. The molecule has 7 heteroatoms. The van der Waals surface area contributed by atoms with Crippen LogP contribution < -0.4 is 16.4 Å². The summed E-state index contributed by atoms with van der Waals surface area (Å²) >= 11 is 1.14. The van der Waals surface area contributed by atoms with E-state index in [1.165, 1.54) is 0 Å². The molecule has 5 N–H and O–H groups in total. The van der Waals surface area contributed by atoms with Crippen molar-refractivity contribution in [3.8, 4) is 6.07 Å². The Bertz CT molecular complexity index is 544. The van der Waals surface area contributed by atoms with Crippen molar-refractivity contribution in [1.82, 2.24) is 0 Å². The van der Waals surface area contributed by atoms with E-state index in [1.54, 1.807) is 6.92 Å². The molecule has 0 bridgehead atoms. The second kappa shape index (κ2) is 4.15. The van der Waals surface area contributed by atoms with E-state index < -0.39 is 11.5 Å². The fourth-order valence-corrected chi connectivity index (χ4v) is 3.14. The van der Waals surface area contributed by atoms with Gasteiger partial charge in [-0.15, -0.1) is 11.3 Å². The maximum Gasteiger partial charge on any atom is 0.253 e. The van der Waals surface area contributed by atoms with E-state index in [9.17, 15) is 9.90 Å². The quantitative estimate of drug-likeness (QED) is 0.710. The highest BCUT2D eigenvalue weighted by Gasteiger charge is 2.35. The standard InChI is InChI=1S/C11H14N4O2S/c1-11(17)2-3-15(5-11)10-7(9(14)16)8(13)6(4-12)18-10/h17H,2-3,5,13H2,1H3,(H2,14,16). The number of β-amino-alcohol motifs (C(OH)–C–C–N with tert-alkyl or cyclic N) is 1. The molecule has 18 heavy (non-hydrogen) atoms. The Balaban J connectivity index is 2.46. The van der Waals surface area contributed by atoms with E-state index >= 15 is 0 Å². The lowest BCUT2D eigenvalue weighted by Gasteiger charge is -2.20. The van der Waals surface area contributed by atoms with Gasteiger partial charge in [0.2, 0.25) is 0 Å². The molecule has 1 aliphatic rings. The van der Waals surface area contributed by atoms with Crippen LogP contribution in [0.4, 0.5) is 10.7 Å². The number of carbonyl (C=O) groups is 1. The molecule has 0 spiro atoms. The van der Waals surface area contributed by atoms with E-state index in [0.717, 1.165) is 11.3 Å². The number of amides is 1. The minimum atomic E-state index is -0.791. The lowest BCUT2D eigenvalue weighted by atomic mass is 10.1. The van der Waals surface area contributed by atoms with Crippen LogP contribution in [0.1, 0.15) is 28.6 Å². The number of hydrogen-bond acceptors (Lipinski definition) is 6. The number of primary amides is 1. The third-order valence-electron chi connectivity index (χ3n) is 3.01. The van der Waals surface area contributed by atoms with Crippen LogP contribution in [0.15, 0.2) is 0 Å². The summed E-state index contributed by atoms with van der Waals surface area (Å²) < 4.78 is 0. The second-order valence-electron chi connectivity index (χ2n) is 4.67. The van der Waals surface area contributed by atoms with Gasteiger partial charge >= 0.3 is 0 Å². The molecule has 0 radical (unpaired) electrons. The third-order valence-corrected chi connectivity index (χ3v) is 4.18. The minimum absolute atomic E-state index is 0.136. The van der Waals surface area contributed by atoms with Crippen LogP contribution in [0.25, 0.3) is 0 Å². The predicted octanol–water partition coefficient (Wildman–Crippen LogP) is 0.262. The van der Waals surface area contributed by atoms with Crippen LogP contribution in [0.2, 0.25) is 0 Å². The Kier molecular flexibility index (Phi) is 2.92. The molecule has 0 saturated carbocycles. The van der Waals surface area contributed by atoms with E-state index in [-0.39, 0.29) is 16.1 Å². The van der Waals surface area contributed by atoms with Crippen molar-refractivity contribution in [2.75, 3.05) is 23.7 Å². The van der Waals surface area contributed by atoms with Crippen molar-refractivity contribution in [2.45, 2.75) is 18.9 Å². The first-order chi connectivity index (χ1) is 8.35. The summed E-state index contributed by atoms with van der Waals surface area (Å²) in [7, 11) is 0. The van der Waals surface area contributed by atoms with Gasteiger partial charge in [-0.3, -0.25) is 4.79 Å². The highest BCUT2D eigenvalue weighted by atomic mass is 32.1. The Labute approximate surface area is 108 Å². The topological polar surface area (TPSA) is 116 Å². The lowest BCUT2D eigenvalue weighted by molar-refractivity contribution is 0.0838. The molecule has 1 saturated heterocycles. The molecule has 2 rings (SSSR count). The molecule has 1 fully saturated rings. The molecule has 96 valence electrons. The zero-order valence-corrected chi connectivity index (χ0v) is 10.8. The van der Waals surface area contributed by atoms with Crippen molar-refractivity contribution in [1.29, 1.82) is 5.26 Å². The maximum absolute atomic E-state index is 11.4. The molecule has 0 aliphatic carbocycles. The number of nitriles is 1. The molecule has 2 heterocycles. The lowest BCUT2D eigenvalue weighted by Crippen LogP contribution is -2.30. The zero-order valence-electron chi connectivity index (χ0n) is 9.93. The molecule has 1 aromatic heterocycles. The Morgan fingerprint density at radius 1 is 1.67 bits per heavy atom. The average Bonchev–Trinajstić information content (AvgIpc) is 2.78. The van der Waals surface area contributed by atoms with E-state index in [0.29, 0.717) is 24.5 Å². The van der Waals surface area contributed by atoms with Crippen LogP contribution in [0, 0.1) is 11.3 Å². The first-order valence-electron chi connectivity index (χ1n) is 5.45. The van der Waals surface area contributed by atoms with Crippen molar-refractivity contribution in [3.63, 3.8) is 0 Å². The maximum atomic E-state index is 11.4. The molecule has 0 aromatic carbocycles. The van der Waals surface area contributed by atoms with Crippen molar-refractivity contribution < 1.29 is 9.90 Å². The van der Waals surface area contributed by atoms with Gasteiger partial charge in [0, 0.05) is 13.1 Å². The summed E-state index contributed by atoms with van der Waals surface area (Å²) in [4.78, 5) is 13.6. The van der Waals surface area contributed by atoms with Gasteiger partial charge in [-0.25, -0.2) is 0 Å². The van der Waals surface area contributed by atoms with Gasteiger partial charge in [-0.2, -0.15) is 5.26 Å². The molecule has 1 atom stereocenters. The number of aliphatic hydroxyl groups is 1. The third kappa shape index (κ3) is 2.00.